The number of piperazine rings is 1. The number of amides is 1. The molecule has 1 aliphatic heterocycles. The minimum atomic E-state index is -4.37. The zero-order chi connectivity index (χ0) is 28.2. The van der Waals surface area contributed by atoms with Gasteiger partial charge in [0.2, 0.25) is 5.91 Å². The van der Waals surface area contributed by atoms with Crippen molar-refractivity contribution in [2.75, 3.05) is 43.5 Å². The van der Waals surface area contributed by atoms with E-state index in [4.69, 9.17) is 4.52 Å². The summed E-state index contributed by atoms with van der Waals surface area (Å²) in [5, 5.41) is 5.35. The monoisotopic (exact) mass is 554 g/mol. The van der Waals surface area contributed by atoms with E-state index in [1.165, 1.54) is 17.4 Å². The van der Waals surface area contributed by atoms with Gasteiger partial charge in [0.25, 0.3) is 10.1 Å². The molecule has 0 spiro atoms. The summed E-state index contributed by atoms with van der Waals surface area (Å²) >= 11 is 0. The molecule has 0 bridgehead atoms. The third-order valence-electron chi connectivity index (χ3n) is 8.60. The van der Waals surface area contributed by atoms with Crippen LogP contribution in [0, 0.1) is 0 Å². The lowest BCUT2D eigenvalue weighted by molar-refractivity contribution is -0.132. The van der Waals surface area contributed by atoms with Gasteiger partial charge < -0.3 is 14.3 Å². The Morgan fingerprint density at radius 1 is 1.05 bits per heavy atom. The fourth-order valence-corrected chi connectivity index (χ4v) is 7.59. The zero-order valence-electron chi connectivity index (χ0n) is 23.3. The number of benzene rings is 2. The Hall–Kier alpha value is -2.95. The molecule has 2 aromatic carbocycles. The first-order valence-electron chi connectivity index (χ1n) is 13.5. The van der Waals surface area contributed by atoms with Gasteiger partial charge in [0.15, 0.2) is 11.4 Å². The Bertz CT molecular complexity index is 1490. The number of carbonyl (C=O) groups is 1. The second kappa shape index (κ2) is 9.91. The van der Waals surface area contributed by atoms with Gasteiger partial charge in [0, 0.05) is 50.5 Å². The lowest BCUT2D eigenvalue weighted by atomic mass is 9.75. The predicted molar refractivity (Wildman–Crippen MR) is 152 cm³/mol. The number of anilines is 1. The van der Waals surface area contributed by atoms with E-state index in [0.29, 0.717) is 0 Å². The summed E-state index contributed by atoms with van der Waals surface area (Å²) in [7, 11) is -4.37. The minimum Gasteiger partial charge on any atom is -0.354 e. The summed E-state index contributed by atoms with van der Waals surface area (Å²) in [6, 6.07) is 14.0. The third kappa shape index (κ3) is 5.17. The summed E-state index contributed by atoms with van der Waals surface area (Å²) < 4.78 is 38.6. The summed E-state index contributed by atoms with van der Waals surface area (Å²) in [4.78, 5) is 18.6. The van der Waals surface area contributed by atoms with E-state index in [2.05, 4.69) is 47.0 Å². The molecule has 39 heavy (non-hydrogen) atoms. The number of para-hydroxylation sites is 1. The van der Waals surface area contributed by atoms with Gasteiger partial charge >= 0.3 is 0 Å². The quantitative estimate of drug-likeness (QED) is 0.439. The van der Waals surface area contributed by atoms with E-state index in [0.717, 1.165) is 67.1 Å². The second-order valence-corrected chi connectivity index (χ2v) is 13.4. The van der Waals surface area contributed by atoms with Gasteiger partial charge in [-0.3, -0.25) is 14.2 Å². The van der Waals surface area contributed by atoms with Crippen LogP contribution in [0.25, 0.3) is 11.0 Å². The number of rotatable bonds is 7. The molecule has 0 radical (unpaired) electrons. The average Bonchev–Trinajstić information content (AvgIpc) is 3.36. The normalized spacial score (nSPS) is 20.8. The SMILES string of the molecule is CC(=O)N(CS(=O)(=O)O)C1C(C)(C)c2ccc(CCN3CCN(c4noc5ccccc45)CC3)cc2C1(C)C. The Morgan fingerprint density at radius 3 is 2.38 bits per heavy atom. The standard InChI is InChI=1S/C29H38N4O5S/c1-20(34)33(19-39(35,36)37)27-28(2,3)23-11-10-21(18-24(23)29(27,4)5)12-13-31-14-16-32(17-15-31)26-22-8-6-7-9-25(22)38-30-26/h6-11,18,27H,12-17,19H2,1-5H3,(H,35,36,37). The molecule has 1 unspecified atom stereocenters. The zero-order valence-corrected chi connectivity index (χ0v) is 24.2. The van der Waals surface area contributed by atoms with Crippen molar-refractivity contribution >= 4 is 32.8 Å². The summed E-state index contributed by atoms with van der Waals surface area (Å²) in [5.74, 6) is -0.168. The molecule has 2 heterocycles. The molecule has 5 rings (SSSR count). The predicted octanol–water partition coefficient (Wildman–Crippen LogP) is 3.82. The lowest BCUT2D eigenvalue weighted by Gasteiger charge is -2.43. The molecular weight excluding hydrogens is 516 g/mol. The highest BCUT2D eigenvalue weighted by Gasteiger charge is 2.54. The summed E-state index contributed by atoms with van der Waals surface area (Å²) in [6.07, 6.45) is 0.892. The van der Waals surface area contributed by atoms with Crippen LogP contribution in [0.1, 0.15) is 51.3 Å². The van der Waals surface area contributed by atoms with Crippen molar-refractivity contribution < 1.29 is 22.3 Å². The highest BCUT2D eigenvalue weighted by atomic mass is 32.2. The van der Waals surface area contributed by atoms with Crippen LogP contribution in [-0.4, -0.2) is 78.5 Å². The summed E-state index contributed by atoms with van der Waals surface area (Å²) in [5.41, 5.74) is 3.26. The Balaban J connectivity index is 1.28. The fourth-order valence-electron chi connectivity index (χ4n) is 6.91. The Morgan fingerprint density at radius 2 is 1.72 bits per heavy atom. The van der Waals surface area contributed by atoms with Crippen molar-refractivity contribution in [3.05, 3.63) is 59.2 Å². The smallest absolute Gasteiger partial charge is 0.283 e. The van der Waals surface area contributed by atoms with Gasteiger partial charge in [-0.25, -0.2) is 0 Å². The number of nitrogens with zero attached hydrogens (tertiary/aromatic N) is 4. The van der Waals surface area contributed by atoms with Crippen LogP contribution >= 0.6 is 0 Å². The largest absolute Gasteiger partial charge is 0.354 e. The van der Waals surface area contributed by atoms with Crippen molar-refractivity contribution in [3.8, 4) is 0 Å². The maximum absolute atomic E-state index is 12.6. The van der Waals surface area contributed by atoms with Crippen molar-refractivity contribution in [3.63, 3.8) is 0 Å². The molecule has 1 aromatic heterocycles. The average molecular weight is 555 g/mol. The lowest BCUT2D eigenvalue weighted by Crippen LogP contribution is -2.55. The first-order chi connectivity index (χ1) is 18.3. The van der Waals surface area contributed by atoms with Crippen LogP contribution in [0.2, 0.25) is 0 Å². The van der Waals surface area contributed by atoms with Gasteiger partial charge in [-0.05, 0) is 35.2 Å². The third-order valence-corrected chi connectivity index (χ3v) is 9.21. The van der Waals surface area contributed by atoms with E-state index in [1.54, 1.807) is 0 Å². The topological polar surface area (TPSA) is 107 Å². The number of fused-ring (bicyclic) bond motifs is 2. The molecule has 1 aliphatic carbocycles. The van der Waals surface area contributed by atoms with Crippen LogP contribution in [-0.2, 0) is 32.2 Å². The fraction of sp³-hybridized carbons (Fsp3) is 0.517. The maximum Gasteiger partial charge on any atom is 0.283 e. The second-order valence-electron chi connectivity index (χ2n) is 12.0. The van der Waals surface area contributed by atoms with Crippen LogP contribution in [0.5, 0.6) is 0 Å². The molecule has 1 fully saturated rings. The molecule has 10 heteroatoms. The van der Waals surface area contributed by atoms with Crippen molar-refractivity contribution in [1.29, 1.82) is 0 Å². The van der Waals surface area contributed by atoms with Gasteiger partial charge in [0.1, 0.15) is 5.88 Å². The van der Waals surface area contributed by atoms with Gasteiger partial charge in [-0.2, -0.15) is 8.42 Å². The van der Waals surface area contributed by atoms with Gasteiger partial charge in [-0.1, -0.05) is 63.2 Å². The number of hydrogen-bond donors (Lipinski definition) is 1. The molecule has 1 saturated heterocycles. The molecule has 9 nitrogen and oxygen atoms in total. The van der Waals surface area contributed by atoms with Crippen molar-refractivity contribution in [2.24, 2.45) is 0 Å². The molecule has 0 saturated carbocycles. The van der Waals surface area contributed by atoms with Crippen LogP contribution in [0.4, 0.5) is 5.82 Å². The number of hydrogen-bond acceptors (Lipinski definition) is 7. The van der Waals surface area contributed by atoms with E-state index >= 15 is 0 Å². The van der Waals surface area contributed by atoms with E-state index in [9.17, 15) is 17.8 Å². The Kier molecular flexibility index (Phi) is 7.01. The minimum absolute atomic E-state index is 0.371. The number of carbonyl (C=O) groups excluding carboxylic acids is 1. The van der Waals surface area contributed by atoms with E-state index < -0.39 is 32.9 Å². The van der Waals surface area contributed by atoms with E-state index in [-0.39, 0.29) is 5.91 Å². The molecule has 210 valence electrons. The first-order valence-corrected chi connectivity index (χ1v) is 15.1. The molecular formula is C29H38N4O5S. The highest BCUT2D eigenvalue weighted by molar-refractivity contribution is 7.85. The molecule has 2 aliphatic rings. The maximum atomic E-state index is 12.6. The van der Waals surface area contributed by atoms with Crippen molar-refractivity contribution in [2.45, 2.75) is 57.9 Å². The van der Waals surface area contributed by atoms with Gasteiger partial charge in [0.05, 0.1) is 11.4 Å². The van der Waals surface area contributed by atoms with Crippen molar-refractivity contribution in [1.82, 2.24) is 15.0 Å². The van der Waals surface area contributed by atoms with Crippen LogP contribution in [0.15, 0.2) is 47.0 Å². The molecule has 1 atom stereocenters. The first kappa shape index (κ1) is 27.6. The van der Waals surface area contributed by atoms with Crippen LogP contribution < -0.4 is 4.90 Å². The number of aromatic nitrogens is 1. The molecule has 3 aromatic rings. The van der Waals surface area contributed by atoms with Crippen LogP contribution in [0.3, 0.4) is 0 Å². The summed E-state index contributed by atoms with van der Waals surface area (Å²) in [6.45, 7) is 14.1. The Labute approximate surface area is 230 Å². The molecule has 1 amide bonds. The molecule has 1 N–H and O–H groups in total. The van der Waals surface area contributed by atoms with Gasteiger partial charge in [-0.15, -0.1) is 0 Å². The highest BCUT2D eigenvalue weighted by Crippen LogP contribution is 2.52. The van der Waals surface area contributed by atoms with E-state index in [1.807, 2.05) is 38.1 Å².